The number of benzene rings is 2. The van der Waals surface area contributed by atoms with Crippen LogP contribution in [0.2, 0.25) is 0 Å². The molecule has 30 heavy (non-hydrogen) atoms. The van der Waals surface area contributed by atoms with Crippen LogP contribution >= 0.6 is 15.9 Å². The number of esters is 1. The van der Waals surface area contributed by atoms with Gasteiger partial charge in [-0.15, -0.1) is 0 Å². The number of hydrogen-bond donors (Lipinski definition) is 0. The van der Waals surface area contributed by atoms with E-state index in [0.717, 1.165) is 0 Å². The molecule has 4 aromatic rings. The van der Waals surface area contributed by atoms with E-state index in [2.05, 4.69) is 21.0 Å². The number of furan rings is 1. The quantitative estimate of drug-likeness (QED) is 0.383. The molecule has 0 N–H and O–H groups in total. The fourth-order valence-electron chi connectivity index (χ4n) is 2.91. The molecule has 0 aliphatic carbocycles. The Hall–Kier alpha value is -3.17. The maximum Gasteiger partial charge on any atom is 0.381 e. The van der Waals surface area contributed by atoms with Gasteiger partial charge in [-0.1, -0.05) is 36.4 Å². The van der Waals surface area contributed by atoms with Gasteiger partial charge in [-0.25, -0.2) is 13.2 Å². The third-order valence-electron chi connectivity index (χ3n) is 4.25. The van der Waals surface area contributed by atoms with E-state index < -0.39 is 15.8 Å². The molecule has 0 atom stereocenters. The van der Waals surface area contributed by atoms with Gasteiger partial charge in [0.2, 0.25) is 21.5 Å². The van der Waals surface area contributed by atoms with E-state index in [1.807, 2.05) is 6.07 Å². The summed E-state index contributed by atoms with van der Waals surface area (Å²) in [5.41, 5.74) is 0.740. The third-order valence-corrected chi connectivity index (χ3v) is 6.58. The standard InChI is InChI=1S/C21H15BrN2O5S/c1-14-19(30(26,27)16-10-6-3-7-11-16)20(24(23-14)15-8-4-2-5-9-15)29-21(25)17-12-13-18(22)28-17/h2-13H,1H3. The fourth-order valence-corrected chi connectivity index (χ4v) is 4.76. The van der Waals surface area contributed by atoms with E-state index in [-0.39, 0.29) is 27.1 Å². The van der Waals surface area contributed by atoms with Crippen molar-refractivity contribution in [2.75, 3.05) is 0 Å². The van der Waals surface area contributed by atoms with Crippen molar-refractivity contribution in [3.05, 3.63) is 88.9 Å². The second-order valence-electron chi connectivity index (χ2n) is 6.28. The van der Waals surface area contributed by atoms with Crippen LogP contribution in [0.4, 0.5) is 0 Å². The van der Waals surface area contributed by atoms with E-state index in [1.165, 1.54) is 28.9 Å². The molecule has 0 amide bonds. The van der Waals surface area contributed by atoms with E-state index in [1.54, 1.807) is 49.4 Å². The molecule has 0 spiro atoms. The van der Waals surface area contributed by atoms with Gasteiger partial charge in [0.1, 0.15) is 0 Å². The topological polar surface area (TPSA) is 91.4 Å². The van der Waals surface area contributed by atoms with E-state index in [4.69, 9.17) is 9.15 Å². The van der Waals surface area contributed by atoms with Gasteiger partial charge in [0.15, 0.2) is 9.56 Å². The molecular formula is C21H15BrN2O5S. The van der Waals surface area contributed by atoms with Crippen LogP contribution in [0.5, 0.6) is 5.88 Å². The molecule has 0 saturated heterocycles. The van der Waals surface area contributed by atoms with Crippen molar-refractivity contribution in [3.63, 3.8) is 0 Å². The van der Waals surface area contributed by atoms with E-state index in [9.17, 15) is 13.2 Å². The van der Waals surface area contributed by atoms with Crippen molar-refractivity contribution in [2.24, 2.45) is 0 Å². The van der Waals surface area contributed by atoms with Crippen LogP contribution in [-0.2, 0) is 9.84 Å². The van der Waals surface area contributed by atoms with Crippen LogP contribution in [0.25, 0.3) is 5.69 Å². The van der Waals surface area contributed by atoms with Crippen molar-refractivity contribution >= 4 is 31.7 Å². The average molecular weight is 487 g/mol. The Balaban J connectivity index is 1.90. The molecule has 7 nitrogen and oxygen atoms in total. The molecule has 0 aliphatic heterocycles. The second kappa shape index (κ2) is 7.92. The summed E-state index contributed by atoms with van der Waals surface area (Å²) < 4.78 is 39.1. The minimum absolute atomic E-state index is 0.0683. The molecule has 0 radical (unpaired) electrons. The number of carbonyl (C=O) groups is 1. The zero-order valence-electron chi connectivity index (χ0n) is 15.7. The molecule has 0 saturated carbocycles. The van der Waals surface area contributed by atoms with Gasteiger partial charge >= 0.3 is 5.97 Å². The van der Waals surface area contributed by atoms with Crippen molar-refractivity contribution in [2.45, 2.75) is 16.7 Å². The fraction of sp³-hybridized carbons (Fsp3) is 0.0476. The van der Waals surface area contributed by atoms with Crippen LogP contribution in [0.3, 0.4) is 0 Å². The molecule has 152 valence electrons. The zero-order chi connectivity index (χ0) is 21.3. The van der Waals surface area contributed by atoms with Crippen molar-refractivity contribution in [1.29, 1.82) is 0 Å². The molecule has 2 heterocycles. The van der Waals surface area contributed by atoms with Crippen molar-refractivity contribution in [3.8, 4) is 11.6 Å². The first-order valence-corrected chi connectivity index (χ1v) is 11.1. The smallest absolute Gasteiger partial charge is 0.381 e. The van der Waals surface area contributed by atoms with Gasteiger partial charge < -0.3 is 9.15 Å². The number of para-hydroxylation sites is 1. The lowest BCUT2D eigenvalue weighted by atomic mass is 10.3. The summed E-state index contributed by atoms with van der Waals surface area (Å²) >= 11 is 3.13. The number of aromatic nitrogens is 2. The molecule has 2 aromatic heterocycles. The Kier molecular flexibility index (Phi) is 5.31. The number of hydrogen-bond acceptors (Lipinski definition) is 6. The molecular weight excluding hydrogens is 472 g/mol. The summed E-state index contributed by atoms with van der Waals surface area (Å²) in [7, 11) is -4.01. The number of ether oxygens (including phenoxy) is 1. The summed E-state index contributed by atoms with van der Waals surface area (Å²) in [6, 6.07) is 19.7. The number of halogens is 1. The van der Waals surface area contributed by atoms with Crippen LogP contribution in [0, 0.1) is 6.92 Å². The van der Waals surface area contributed by atoms with Crippen LogP contribution in [0.15, 0.2) is 91.7 Å². The molecule has 2 aromatic carbocycles. The van der Waals surface area contributed by atoms with E-state index >= 15 is 0 Å². The van der Waals surface area contributed by atoms with Crippen molar-refractivity contribution < 1.29 is 22.4 Å². The Morgan fingerprint density at radius 2 is 1.63 bits per heavy atom. The maximum absolute atomic E-state index is 13.4. The number of aryl methyl sites for hydroxylation is 1. The van der Waals surface area contributed by atoms with Gasteiger partial charge in [0.05, 0.1) is 16.3 Å². The molecule has 4 rings (SSSR count). The minimum atomic E-state index is -4.01. The first kappa shape index (κ1) is 20.1. The monoisotopic (exact) mass is 486 g/mol. The van der Waals surface area contributed by atoms with Gasteiger partial charge in [0, 0.05) is 0 Å². The van der Waals surface area contributed by atoms with Crippen LogP contribution < -0.4 is 4.74 Å². The second-order valence-corrected chi connectivity index (χ2v) is 8.94. The number of nitrogens with zero attached hydrogens (tertiary/aromatic N) is 2. The highest BCUT2D eigenvalue weighted by molar-refractivity contribution is 9.10. The number of carbonyl (C=O) groups excluding carboxylic acids is 1. The molecule has 0 aliphatic rings. The Labute approximate surface area is 181 Å². The Bertz CT molecular complexity index is 1310. The Morgan fingerprint density at radius 3 is 2.23 bits per heavy atom. The lowest BCUT2D eigenvalue weighted by molar-refractivity contribution is 0.0683. The summed E-state index contributed by atoms with van der Waals surface area (Å²) in [5.74, 6) is -1.13. The molecule has 0 bridgehead atoms. The van der Waals surface area contributed by atoms with Crippen molar-refractivity contribution in [1.82, 2.24) is 9.78 Å². The summed E-state index contributed by atoms with van der Waals surface area (Å²) in [6.07, 6.45) is 0. The minimum Gasteiger partial charge on any atom is -0.442 e. The lowest BCUT2D eigenvalue weighted by Gasteiger charge is -2.10. The molecule has 0 unspecified atom stereocenters. The number of sulfone groups is 1. The molecule has 9 heteroatoms. The maximum atomic E-state index is 13.4. The van der Waals surface area contributed by atoms with Crippen LogP contribution in [0.1, 0.15) is 16.2 Å². The zero-order valence-corrected chi connectivity index (χ0v) is 18.1. The number of rotatable bonds is 5. The first-order valence-electron chi connectivity index (χ1n) is 8.80. The Morgan fingerprint density at radius 1 is 1.00 bits per heavy atom. The van der Waals surface area contributed by atoms with Gasteiger partial charge in [-0.05, 0) is 59.3 Å². The predicted octanol–water partition coefficient (Wildman–Crippen LogP) is 4.59. The highest BCUT2D eigenvalue weighted by atomic mass is 79.9. The lowest BCUT2D eigenvalue weighted by Crippen LogP contribution is -2.14. The van der Waals surface area contributed by atoms with Gasteiger partial charge in [-0.2, -0.15) is 9.78 Å². The third kappa shape index (κ3) is 3.69. The SMILES string of the molecule is Cc1nn(-c2ccccc2)c(OC(=O)c2ccc(Br)o2)c1S(=O)(=O)c1ccccc1. The summed E-state index contributed by atoms with van der Waals surface area (Å²) in [6.45, 7) is 1.55. The molecule has 0 fully saturated rings. The predicted molar refractivity (Wildman–Crippen MR) is 112 cm³/mol. The average Bonchev–Trinajstić information content (AvgIpc) is 3.33. The van der Waals surface area contributed by atoms with Gasteiger partial charge in [-0.3, -0.25) is 0 Å². The summed E-state index contributed by atoms with van der Waals surface area (Å²) in [4.78, 5) is 12.5. The van der Waals surface area contributed by atoms with Crippen LogP contribution in [-0.4, -0.2) is 24.2 Å². The van der Waals surface area contributed by atoms with E-state index in [0.29, 0.717) is 10.4 Å². The highest BCUT2D eigenvalue weighted by Crippen LogP contribution is 2.35. The largest absolute Gasteiger partial charge is 0.442 e. The highest BCUT2D eigenvalue weighted by Gasteiger charge is 2.32. The normalized spacial score (nSPS) is 11.4. The van der Waals surface area contributed by atoms with Gasteiger partial charge in [0.25, 0.3) is 0 Å². The first-order chi connectivity index (χ1) is 14.4. The summed E-state index contributed by atoms with van der Waals surface area (Å²) in [5, 5.41) is 4.34.